The van der Waals surface area contributed by atoms with Crippen LogP contribution in [-0.4, -0.2) is 19.0 Å². The number of hydrogen-bond acceptors (Lipinski definition) is 4. The SMILES string of the molecule is COC(=O)c1cc(Br)ccc1OC(=O)c1cccc(Cl)c1. The zero-order valence-electron chi connectivity index (χ0n) is 10.9. The zero-order valence-corrected chi connectivity index (χ0v) is 13.3. The molecular weight excluding hydrogens is 360 g/mol. The fraction of sp³-hybridized carbons (Fsp3) is 0.0667. The largest absolute Gasteiger partial charge is 0.465 e. The molecule has 0 aliphatic carbocycles. The van der Waals surface area contributed by atoms with Crippen molar-refractivity contribution in [3.63, 3.8) is 0 Å². The molecule has 0 radical (unpaired) electrons. The Morgan fingerprint density at radius 3 is 2.52 bits per heavy atom. The number of halogens is 2. The second-order valence-electron chi connectivity index (χ2n) is 4.03. The number of benzene rings is 2. The monoisotopic (exact) mass is 368 g/mol. The molecule has 0 fully saturated rings. The number of ether oxygens (including phenoxy) is 2. The van der Waals surface area contributed by atoms with E-state index in [-0.39, 0.29) is 11.3 Å². The number of hydrogen-bond donors (Lipinski definition) is 0. The van der Waals surface area contributed by atoms with Crippen molar-refractivity contribution in [3.05, 3.63) is 63.1 Å². The lowest BCUT2D eigenvalue weighted by molar-refractivity contribution is 0.0593. The van der Waals surface area contributed by atoms with Gasteiger partial charge in [0, 0.05) is 9.50 Å². The molecule has 0 aromatic heterocycles. The number of carbonyl (C=O) groups excluding carboxylic acids is 2. The summed E-state index contributed by atoms with van der Waals surface area (Å²) >= 11 is 9.08. The van der Waals surface area contributed by atoms with E-state index in [1.165, 1.54) is 25.3 Å². The standard InChI is InChI=1S/C15H10BrClO4/c1-20-15(19)12-8-10(16)5-6-13(12)21-14(18)9-3-2-4-11(17)7-9/h2-8H,1H3. The van der Waals surface area contributed by atoms with Crippen LogP contribution >= 0.6 is 27.5 Å². The van der Waals surface area contributed by atoms with Crippen molar-refractivity contribution in [2.24, 2.45) is 0 Å². The molecule has 2 aromatic carbocycles. The third-order valence-corrected chi connectivity index (χ3v) is 3.34. The highest BCUT2D eigenvalue weighted by molar-refractivity contribution is 9.10. The summed E-state index contributed by atoms with van der Waals surface area (Å²) in [5, 5.41) is 0.424. The topological polar surface area (TPSA) is 52.6 Å². The van der Waals surface area contributed by atoms with Gasteiger partial charge in [0.25, 0.3) is 0 Å². The van der Waals surface area contributed by atoms with Crippen LogP contribution in [0.15, 0.2) is 46.9 Å². The maximum Gasteiger partial charge on any atom is 0.343 e. The first kappa shape index (κ1) is 15.5. The Morgan fingerprint density at radius 1 is 1.10 bits per heavy atom. The fourth-order valence-electron chi connectivity index (χ4n) is 1.63. The Kier molecular flexibility index (Phi) is 4.98. The summed E-state index contributed by atoms with van der Waals surface area (Å²) in [6.07, 6.45) is 0. The van der Waals surface area contributed by atoms with Gasteiger partial charge in [0.15, 0.2) is 0 Å². The molecule has 0 saturated carbocycles. The first-order chi connectivity index (χ1) is 10.0. The van der Waals surface area contributed by atoms with Crippen LogP contribution in [0.2, 0.25) is 5.02 Å². The lowest BCUT2D eigenvalue weighted by Crippen LogP contribution is -2.12. The number of esters is 2. The molecule has 0 aliphatic heterocycles. The smallest absolute Gasteiger partial charge is 0.343 e. The second kappa shape index (κ2) is 6.74. The third-order valence-electron chi connectivity index (χ3n) is 2.61. The summed E-state index contributed by atoms with van der Waals surface area (Å²) in [5.41, 5.74) is 0.448. The van der Waals surface area contributed by atoms with E-state index in [0.717, 1.165) is 0 Å². The van der Waals surface area contributed by atoms with E-state index in [2.05, 4.69) is 20.7 Å². The normalized spacial score (nSPS) is 10.0. The van der Waals surface area contributed by atoms with Crippen LogP contribution in [0.25, 0.3) is 0 Å². The van der Waals surface area contributed by atoms with Gasteiger partial charge in [-0.15, -0.1) is 0 Å². The van der Waals surface area contributed by atoms with Crippen molar-refractivity contribution in [2.75, 3.05) is 7.11 Å². The van der Waals surface area contributed by atoms with E-state index in [4.69, 9.17) is 16.3 Å². The van der Waals surface area contributed by atoms with Gasteiger partial charge in [-0.1, -0.05) is 33.6 Å². The first-order valence-electron chi connectivity index (χ1n) is 5.87. The molecule has 0 atom stereocenters. The van der Waals surface area contributed by atoms with Crippen molar-refractivity contribution in [1.29, 1.82) is 0 Å². The van der Waals surface area contributed by atoms with Crippen LogP contribution < -0.4 is 4.74 Å². The molecule has 0 aliphatic rings. The van der Waals surface area contributed by atoms with Crippen LogP contribution in [0.3, 0.4) is 0 Å². The molecule has 0 bridgehead atoms. The minimum Gasteiger partial charge on any atom is -0.465 e. The van der Waals surface area contributed by atoms with Gasteiger partial charge >= 0.3 is 11.9 Å². The van der Waals surface area contributed by atoms with E-state index in [0.29, 0.717) is 15.1 Å². The molecule has 0 spiro atoms. The summed E-state index contributed by atoms with van der Waals surface area (Å²) in [6.45, 7) is 0. The third kappa shape index (κ3) is 3.83. The van der Waals surface area contributed by atoms with Gasteiger partial charge in [0.05, 0.1) is 12.7 Å². The van der Waals surface area contributed by atoms with Crippen LogP contribution in [0.5, 0.6) is 5.75 Å². The van der Waals surface area contributed by atoms with Crippen molar-refractivity contribution in [3.8, 4) is 5.75 Å². The molecule has 0 heterocycles. The lowest BCUT2D eigenvalue weighted by atomic mass is 10.2. The molecular formula is C15H10BrClO4. The first-order valence-corrected chi connectivity index (χ1v) is 7.04. The van der Waals surface area contributed by atoms with Gasteiger partial charge in [-0.05, 0) is 36.4 Å². The van der Waals surface area contributed by atoms with Crippen molar-refractivity contribution >= 4 is 39.5 Å². The Balaban J connectivity index is 2.31. The van der Waals surface area contributed by atoms with E-state index in [1.807, 2.05) is 0 Å². The van der Waals surface area contributed by atoms with Gasteiger partial charge in [0.2, 0.25) is 0 Å². The highest BCUT2D eigenvalue weighted by Crippen LogP contribution is 2.25. The number of rotatable bonds is 3. The van der Waals surface area contributed by atoms with Crippen LogP contribution in [0.4, 0.5) is 0 Å². The number of carbonyl (C=O) groups is 2. The van der Waals surface area contributed by atoms with Gasteiger partial charge in [-0.3, -0.25) is 0 Å². The summed E-state index contributed by atoms with van der Waals surface area (Å²) in [7, 11) is 1.26. The highest BCUT2D eigenvalue weighted by atomic mass is 79.9. The fourth-order valence-corrected chi connectivity index (χ4v) is 2.19. The van der Waals surface area contributed by atoms with Crippen molar-refractivity contribution in [2.45, 2.75) is 0 Å². The lowest BCUT2D eigenvalue weighted by Gasteiger charge is -2.09. The van der Waals surface area contributed by atoms with E-state index in [9.17, 15) is 9.59 Å². The quantitative estimate of drug-likeness (QED) is 0.603. The Morgan fingerprint density at radius 2 is 1.86 bits per heavy atom. The molecule has 6 heteroatoms. The van der Waals surface area contributed by atoms with Gasteiger partial charge < -0.3 is 9.47 Å². The molecule has 0 N–H and O–H groups in total. The van der Waals surface area contributed by atoms with Crippen LogP contribution in [-0.2, 0) is 4.74 Å². The summed E-state index contributed by atoms with van der Waals surface area (Å²) in [6, 6.07) is 11.0. The average Bonchev–Trinajstić information content (AvgIpc) is 2.48. The maximum absolute atomic E-state index is 12.1. The molecule has 0 saturated heterocycles. The molecule has 0 unspecified atom stereocenters. The Bertz CT molecular complexity index is 700. The molecule has 2 aromatic rings. The van der Waals surface area contributed by atoms with E-state index >= 15 is 0 Å². The second-order valence-corrected chi connectivity index (χ2v) is 5.38. The molecule has 2 rings (SSSR count). The van der Waals surface area contributed by atoms with Crippen LogP contribution in [0.1, 0.15) is 20.7 Å². The Labute approximate surface area is 134 Å². The zero-order chi connectivity index (χ0) is 15.4. The molecule has 108 valence electrons. The van der Waals surface area contributed by atoms with Crippen molar-refractivity contribution in [1.82, 2.24) is 0 Å². The van der Waals surface area contributed by atoms with Gasteiger partial charge in [0.1, 0.15) is 11.3 Å². The van der Waals surface area contributed by atoms with Crippen molar-refractivity contribution < 1.29 is 19.1 Å². The Hall–Kier alpha value is -1.85. The average molecular weight is 370 g/mol. The van der Waals surface area contributed by atoms with E-state index in [1.54, 1.807) is 24.3 Å². The minimum atomic E-state index is -0.607. The molecule has 21 heavy (non-hydrogen) atoms. The predicted octanol–water partition coefficient (Wildman–Crippen LogP) is 4.11. The van der Waals surface area contributed by atoms with Crippen LogP contribution in [0, 0.1) is 0 Å². The van der Waals surface area contributed by atoms with Gasteiger partial charge in [-0.2, -0.15) is 0 Å². The summed E-state index contributed by atoms with van der Waals surface area (Å²) < 4.78 is 10.6. The maximum atomic E-state index is 12.1. The molecule has 0 amide bonds. The van der Waals surface area contributed by atoms with Gasteiger partial charge in [-0.25, -0.2) is 9.59 Å². The highest BCUT2D eigenvalue weighted by Gasteiger charge is 2.17. The van der Waals surface area contributed by atoms with E-state index < -0.39 is 11.9 Å². The predicted molar refractivity (Wildman–Crippen MR) is 81.9 cm³/mol. The minimum absolute atomic E-state index is 0.120. The summed E-state index contributed by atoms with van der Waals surface area (Å²) in [5.74, 6) is -1.08. The molecule has 4 nitrogen and oxygen atoms in total. The number of methoxy groups -OCH3 is 1. The summed E-state index contributed by atoms with van der Waals surface area (Å²) in [4.78, 5) is 23.8.